The van der Waals surface area contributed by atoms with Crippen LogP contribution < -0.4 is 16.4 Å². The molecule has 1 saturated heterocycles. The number of carbonyl (C=O) groups is 4. The molecule has 5 rings (SSSR count). The van der Waals surface area contributed by atoms with Crippen molar-refractivity contribution in [2.45, 2.75) is 25.3 Å². The van der Waals surface area contributed by atoms with Gasteiger partial charge in [0.2, 0.25) is 5.91 Å². The Morgan fingerprint density at radius 1 is 0.975 bits per heavy atom. The normalized spacial score (nSPS) is 14.7. The Balaban J connectivity index is 1.56. The van der Waals surface area contributed by atoms with Crippen LogP contribution in [0.25, 0.3) is 33.4 Å². The first kappa shape index (κ1) is 26.4. The van der Waals surface area contributed by atoms with Crippen molar-refractivity contribution in [1.82, 2.24) is 10.2 Å². The first-order valence-corrected chi connectivity index (χ1v) is 12.5. The van der Waals surface area contributed by atoms with Crippen LogP contribution in [0.5, 0.6) is 0 Å². The molecule has 2 aliphatic heterocycles. The van der Waals surface area contributed by atoms with Gasteiger partial charge in [-0.25, -0.2) is 9.59 Å². The second kappa shape index (κ2) is 9.84. The van der Waals surface area contributed by atoms with Crippen LogP contribution in [0, 0.1) is 5.41 Å². The van der Waals surface area contributed by atoms with Gasteiger partial charge in [0.1, 0.15) is 16.9 Å². The molecule has 0 spiro atoms. The van der Waals surface area contributed by atoms with Gasteiger partial charge in [0.15, 0.2) is 0 Å². The summed E-state index contributed by atoms with van der Waals surface area (Å²) in [5.41, 5.74) is 6.90. The average Bonchev–Trinajstić information content (AvgIpc) is 2.90. The molecule has 6 N–H and O–H groups in total. The first-order valence-electron chi connectivity index (χ1n) is 12.5. The van der Waals surface area contributed by atoms with Gasteiger partial charge in [0.25, 0.3) is 5.91 Å². The summed E-state index contributed by atoms with van der Waals surface area (Å²) in [6.07, 6.45) is 0.0360. The van der Waals surface area contributed by atoms with Crippen LogP contribution in [-0.2, 0) is 9.59 Å². The van der Waals surface area contributed by atoms with E-state index < -0.39 is 29.3 Å². The van der Waals surface area contributed by atoms with Gasteiger partial charge < -0.3 is 36.0 Å². The van der Waals surface area contributed by atoms with E-state index in [1.165, 1.54) is 30.0 Å². The topological polar surface area (TPSA) is 187 Å². The third-order valence-corrected chi connectivity index (χ3v) is 7.24. The van der Waals surface area contributed by atoms with Crippen LogP contribution in [0.3, 0.4) is 0 Å². The minimum absolute atomic E-state index is 0.0180. The second-order valence-corrected chi connectivity index (χ2v) is 9.87. The fraction of sp³-hybridized carbons (Fsp3) is 0.207. The number of fused-ring (bicyclic) bond motifs is 2. The fourth-order valence-electron chi connectivity index (χ4n) is 5.27. The molecule has 0 bridgehead atoms. The number of nitrogens with two attached hydrogens (primary N) is 1. The first-order chi connectivity index (χ1) is 19.0. The number of aliphatic carboxylic acids is 1. The maximum absolute atomic E-state index is 13.4. The van der Waals surface area contributed by atoms with E-state index in [9.17, 15) is 29.4 Å². The third kappa shape index (κ3) is 4.62. The van der Waals surface area contributed by atoms with E-state index in [2.05, 4.69) is 5.32 Å². The van der Waals surface area contributed by atoms with Gasteiger partial charge in [0.05, 0.1) is 10.9 Å². The predicted molar refractivity (Wildman–Crippen MR) is 145 cm³/mol. The van der Waals surface area contributed by atoms with E-state index in [4.69, 9.17) is 15.6 Å². The van der Waals surface area contributed by atoms with Gasteiger partial charge >= 0.3 is 11.9 Å². The largest absolute Gasteiger partial charge is 0.480 e. The molecule has 0 radical (unpaired) electrons. The highest BCUT2D eigenvalue weighted by molar-refractivity contribution is 6.09. The van der Waals surface area contributed by atoms with Gasteiger partial charge in [-0.15, -0.1) is 0 Å². The van der Waals surface area contributed by atoms with Crippen molar-refractivity contribution in [2.24, 2.45) is 0 Å². The summed E-state index contributed by atoms with van der Waals surface area (Å²) < 4.78 is 5.99. The number of hydrogen-bond donors (Lipinski definition) is 5. The highest BCUT2D eigenvalue weighted by Gasteiger charge is 2.43. The molecule has 0 saturated carbocycles. The number of carbonyl (C=O) groups excluding carboxylic acids is 2. The van der Waals surface area contributed by atoms with Gasteiger partial charge in [-0.1, -0.05) is 6.07 Å². The Morgan fingerprint density at radius 2 is 1.68 bits per heavy atom. The smallest absolute Gasteiger partial charge is 0.336 e. The molecule has 0 unspecified atom stereocenters. The number of piperidine rings is 1. The van der Waals surface area contributed by atoms with E-state index in [0.717, 1.165) is 0 Å². The summed E-state index contributed by atoms with van der Waals surface area (Å²) in [6.45, 7) is 1.38. The lowest BCUT2D eigenvalue weighted by molar-refractivity contribution is -0.149. The number of nitrogens with one attached hydrogen (secondary N) is 2. The molecule has 2 aromatic rings. The SMILES string of the molecule is CC(=O)NC1(C(=O)O)CCN(C(=O)c2ccc(-c3c4ccc(=N)cc-4oc4cc(N)ccc34)c(C(=O)O)c2)CC1. The van der Waals surface area contributed by atoms with Gasteiger partial charge in [-0.3, -0.25) is 9.59 Å². The van der Waals surface area contributed by atoms with Gasteiger partial charge in [0, 0.05) is 59.9 Å². The molecule has 0 aromatic heterocycles. The highest BCUT2D eigenvalue weighted by Crippen LogP contribution is 2.42. The standard InChI is InChI=1S/C29H26N4O7/c1-15(34)32-29(28(38)39)8-10-33(11-9-29)26(35)16-2-5-19(22(12-16)27(36)37)25-20-6-3-17(30)13-23(20)40-24-14-18(31)4-7-21(24)25/h2-7,12-14,30H,8-11,31H2,1H3,(H,32,34)(H,36,37)(H,38,39). The van der Waals surface area contributed by atoms with E-state index >= 15 is 0 Å². The molecule has 1 fully saturated rings. The summed E-state index contributed by atoms with van der Waals surface area (Å²) in [4.78, 5) is 50.8. The molecular formula is C29H26N4O7. The lowest BCUT2D eigenvalue weighted by atomic mass is 9.86. The summed E-state index contributed by atoms with van der Waals surface area (Å²) >= 11 is 0. The number of amides is 2. The van der Waals surface area contributed by atoms with E-state index in [0.29, 0.717) is 39.1 Å². The van der Waals surface area contributed by atoms with Crippen molar-refractivity contribution in [3.8, 4) is 22.5 Å². The molecule has 11 heteroatoms. The van der Waals surface area contributed by atoms with Crippen molar-refractivity contribution in [3.05, 3.63) is 71.1 Å². The summed E-state index contributed by atoms with van der Waals surface area (Å²) in [6, 6.07) is 14.3. The molecular weight excluding hydrogens is 516 g/mol. The molecule has 2 aromatic carbocycles. The van der Waals surface area contributed by atoms with Crippen LogP contribution in [-0.4, -0.2) is 57.5 Å². The molecule has 11 nitrogen and oxygen atoms in total. The van der Waals surface area contributed by atoms with Crippen LogP contribution in [0.2, 0.25) is 0 Å². The van der Waals surface area contributed by atoms with Crippen LogP contribution in [0.15, 0.2) is 59.0 Å². The zero-order valence-corrected chi connectivity index (χ0v) is 21.5. The number of nitrogen functional groups attached to an aromatic ring is 1. The molecule has 2 heterocycles. The van der Waals surface area contributed by atoms with Crippen molar-refractivity contribution in [3.63, 3.8) is 0 Å². The Kier molecular flexibility index (Phi) is 6.50. The number of aromatic carboxylic acids is 1. The molecule has 40 heavy (non-hydrogen) atoms. The zero-order valence-electron chi connectivity index (χ0n) is 21.5. The van der Waals surface area contributed by atoms with Crippen molar-refractivity contribution in [1.29, 1.82) is 5.41 Å². The maximum atomic E-state index is 13.4. The molecule has 0 atom stereocenters. The summed E-state index contributed by atoms with van der Waals surface area (Å²) in [7, 11) is 0. The number of rotatable bonds is 5. The summed E-state index contributed by atoms with van der Waals surface area (Å²) in [5, 5.41) is 31.2. The number of benzene rings is 3. The predicted octanol–water partition coefficient (Wildman–Crippen LogP) is 3.16. The highest BCUT2D eigenvalue weighted by atomic mass is 16.4. The Bertz CT molecular complexity index is 1730. The average molecular weight is 543 g/mol. The van der Waals surface area contributed by atoms with Crippen molar-refractivity contribution >= 4 is 40.4 Å². The van der Waals surface area contributed by atoms with E-state index in [1.807, 2.05) is 0 Å². The number of hydrogen-bond acceptors (Lipinski definition) is 7. The van der Waals surface area contributed by atoms with Crippen molar-refractivity contribution < 1.29 is 33.8 Å². The lowest BCUT2D eigenvalue weighted by Gasteiger charge is -2.39. The summed E-state index contributed by atoms with van der Waals surface area (Å²) in [5.74, 6) is -2.94. The quantitative estimate of drug-likeness (QED) is 0.188. The lowest BCUT2D eigenvalue weighted by Crippen LogP contribution is -2.60. The van der Waals surface area contributed by atoms with Crippen LogP contribution in [0.4, 0.5) is 5.69 Å². The number of carboxylic acids is 2. The Morgan fingerprint density at radius 3 is 2.33 bits per heavy atom. The Hall–Kier alpha value is -5.19. The molecule has 204 valence electrons. The third-order valence-electron chi connectivity index (χ3n) is 7.24. The van der Waals surface area contributed by atoms with Crippen molar-refractivity contribution in [2.75, 3.05) is 18.8 Å². The monoisotopic (exact) mass is 542 g/mol. The number of likely N-dealkylation sites (tertiary alicyclic amines) is 1. The van der Waals surface area contributed by atoms with E-state index in [1.54, 1.807) is 36.4 Å². The number of nitrogens with zero attached hydrogens (tertiary/aromatic N) is 1. The van der Waals surface area contributed by atoms with Crippen LogP contribution in [0.1, 0.15) is 40.5 Å². The molecule has 3 aliphatic rings. The Labute approximate surface area is 227 Å². The number of anilines is 1. The minimum atomic E-state index is -1.46. The second-order valence-electron chi connectivity index (χ2n) is 9.87. The molecule has 2 amide bonds. The minimum Gasteiger partial charge on any atom is -0.480 e. The number of carboxylic acid groups (broad SMARTS) is 2. The van der Waals surface area contributed by atoms with Gasteiger partial charge in [-0.05, 0) is 54.8 Å². The van der Waals surface area contributed by atoms with Crippen LogP contribution >= 0.6 is 0 Å². The zero-order chi connectivity index (χ0) is 28.8. The van der Waals surface area contributed by atoms with E-state index in [-0.39, 0.29) is 42.4 Å². The molecule has 1 aliphatic carbocycles. The fourth-order valence-corrected chi connectivity index (χ4v) is 5.27. The van der Waals surface area contributed by atoms with Gasteiger partial charge in [-0.2, -0.15) is 0 Å². The maximum Gasteiger partial charge on any atom is 0.336 e.